The molecule has 2 rings (SSSR count). The second kappa shape index (κ2) is 6.45. The highest BCUT2D eigenvalue weighted by Gasteiger charge is 2.48. The van der Waals surface area contributed by atoms with Crippen LogP contribution in [0.15, 0.2) is 17.0 Å². The summed E-state index contributed by atoms with van der Waals surface area (Å²) in [4.78, 5) is 11.8. The average molecular weight is 390 g/mol. The Kier molecular flexibility index (Phi) is 5.16. The molecule has 1 aliphatic heterocycles. The molecule has 0 bridgehead atoms. The number of sulfone groups is 1. The Hall–Kier alpha value is -1.31. The Labute approximate surface area is 153 Å². The summed E-state index contributed by atoms with van der Waals surface area (Å²) in [5.74, 6) is -1.08. The molecule has 1 saturated heterocycles. The van der Waals surface area contributed by atoms with Crippen molar-refractivity contribution in [1.29, 1.82) is 0 Å². The van der Waals surface area contributed by atoms with Crippen LogP contribution in [0.3, 0.4) is 0 Å². The van der Waals surface area contributed by atoms with Gasteiger partial charge in [-0.3, -0.25) is 4.79 Å². The van der Waals surface area contributed by atoms with Crippen LogP contribution in [0.5, 0.6) is 5.75 Å². The summed E-state index contributed by atoms with van der Waals surface area (Å²) in [5, 5.41) is 13.0. The Morgan fingerprint density at radius 1 is 1.24 bits per heavy atom. The lowest BCUT2D eigenvalue weighted by molar-refractivity contribution is -0.123. The number of carbonyl (C=O) groups is 1. The third kappa shape index (κ3) is 3.50. The zero-order chi connectivity index (χ0) is 19.2. The molecule has 8 heteroatoms. The van der Waals surface area contributed by atoms with Crippen LogP contribution in [0.1, 0.15) is 34.6 Å². The predicted octanol–water partition coefficient (Wildman–Crippen LogP) is 3.23. The van der Waals surface area contributed by atoms with Crippen molar-refractivity contribution in [3.8, 4) is 5.75 Å². The number of nitrogens with one attached hydrogen (secondary N) is 1. The Bertz CT molecular complexity index is 792. The van der Waals surface area contributed by atoms with Crippen LogP contribution in [-0.2, 0) is 19.4 Å². The highest BCUT2D eigenvalue weighted by Crippen LogP contribution is 2.44. The number of benzene rings is 1. The highest BCUT2D eigenvalue weighted by molar-refractivity contribution is 7.93. The van der Waals surface area contributed by atoms with Gasteiger partial charge in [-0.2, -0.15) is 0 Å². The van der Waals surface area contributed by atoms with E-state index in [-0.39, 0.29) is 27.4 Å². The number of amides is 1. The van der Waals surface area contributed by atoms with Crippen molar-refractivity contribution in [2.75, 3.05) is 18.5 Å². The Morgan fingerprint density at radius 3 is 2.24 bits per heavy atom. The lowest BCUT2D eigenvalue weighted by Crippen LogP contribution is -2.49. The quantitative estimate of drug-likeness (QED) is 0.771. The number of aromatic hydroxyl groups is 1. The average Bonchev–Trinajstić information content (AvgIpc) is 2.37. The molecule has 0 aromatic heterocycles. The normalized spacial score (nSPS) is 16.4. The van der Waals surface area contributed by atoms with Gasteiger partial charge in [-0.05, 0) is 26.0 Å². The molecule has 0 atom stereocenters. The van der Waals surface area contributed by atoms with Gasteiger partial charge in [0.05, 0.1) is 28.7 Å². The lowest BCUT2D eigenvalue weighted by Gasteiger charge is -2.39. The molecule has 1 amide bonds. The number of ether oxygens (including phenoxy) is 1. The molecule has 25 heavy (non-hydrogen) atoms. The fraction of sp³-hybridized carbons (Fsp3) is 0.588. The summed E-state index contributed by atoms with van der Waals surface area (Å²) in [5.41, 5.74) is -0.684. The summed E-state index contributed by atoms with van der Waals surface area (Å²) < 4.78 is 30.2. The summed E-state index contributed by atoms with van der Waals surface area (Å²) in [7, 11) is -3.97. The molecule has 1 fully saturated rings. The van der Waals surface area contributed by atoms with E-state index in [0.29, 0.717) is 13.2 Å². The van der Waals surface area contributed by atoms with Crippen LogP contribution in [0.2, 0.25) is 5.02 Å². The van der Waals surface area contributed by atoms with E-state index in [9.17, 15) is 18.3 Å². The van der Waals surface area contributed by atoms with Gasteiger partial charge in [-0.15, -0.1) is 0 Å². The molecule has 140 valence electrons. The number of hydrogen-bond donors (Lipinski definition) is 2. The maximum Gasteiger partial charge on any atom is 0.229 e. The lowest BCUT2D eigenvalue weighted by atomic mass is 9.93. The number of phenols is 1. The van der Waals surface area contributed by atoms with Crippen LogP contribution in [0.4, 0.5) is 5.69 Å². The summed E-state index contributed by atoms with van der Waals surface area (Å²) in [6.45, 7) is 9.00. The Morgan fingerprint density at radius 2 is 1.80 bits per heavy atom. The summed E-state index contributed by atoms with van der Waals surface area (Å²) in [6.07, 6.45) is 0. The SMILES string of the molecule is CC(C)(C)C(=O)Nc1ccc(Cl)c(S(=O)(=O)C(C)(C)C2COC2)c1O. The van der Waals surface area contributed by atoms with Crippen molar-refractivity contribution >= 4 is 33.0 Å². The molecule has 0 saturated carbocycles. The molecule has 2 N–H and O–H groups in total. The molecule has 0 radical (unpaired) electrons. The predicted molar refractivity (Wildman–Crippen MR) is 96.8 cm³/mol. The van der Waals surface area contributed by atoms with E-state index in [1.54, 1.807) is 34.6 Å². The zero-order valence-corrected chi connectivity index (χ0v) is 16.6. The van der Waals surface area contributed by atoms with Crippen LogP contribution < -0.4 is 5.32 Å². The minimum Gasteiger partial charge on any atom is -0.504 e. The molecular weight excluding hydrogens is 366 g/mol. The second-order valence-electron chi connectivity index (χ2n) is 7.82. The maximum atomic E-state index is 13.2. The van der Waals surface area contributed by atoms with E-state index in [1.807, 2.05) is 0 Å². The maximum absolute atomic E-state index is 13.2. The summed E-state index contributed by atoms with van der Waals surface area (Å²) in [6, 6.07) is 2.75. The monoisotopic (exact) mass is 389 g/mol. The first-order valence-corrected chi connectivity index (χ1v) is 9.81. The number of anilines is 1. The van der Waals surface area contributed by atoms with Gasteiger partial charge in [0, 0.05) is 11.3 Å². The van der Waals surface area contributed by atoms with E-state index in [0.717, 1.165) is 0 Å². The van der Waals surface area contributed by atoms with Crippen LogP contribution in [0.25, 0.3) is 0 Å². The highest BCUT2D eigenvalue weighted by atomic mass is 35.5. The molecule has 1 aromatic carbocycles. The zero-order valence-electron chi connectivity index (χ0n) is 15.0. The van der Waals surface area contributed by atoms with E-state index < -0.39 is 25.7 Å². The van der Waals surface area contributed by atoms with E-state index in [4.69, 9.17) is 16.3 Å². The molecule has 1 heterocycles. The van der Waals surface area contributed by atoms with Crippen molar-refractivity contribution in [1.82, 2.24) is 0 Å². The molecule has 0 aliphatic carbocycles. The van der Waals surface area contributed by atoms with E-state index in [2.05, 4.69) is 5.32 Å². The van der Waals surface area contributed by atoms with Crippen molar-refractivity contribution in [3.05, 3.63) is 17.2 Å². The third-order valence-electron chi connectivity index (χ3n) is 4.60. The Balaban J connectivity index is 2.51. The molecular formula is C17H24ClNO5S. The first kappa shape index (κ1) is 20.0. The van der Waals surface area contributed by atoms with Gasteiger partial charge in [-0.1, -0.05) is 32.4 Å². The van der Waals surface area contributed by atoms with Crippen LogP contribution in [0, 0.1) is 11.3 Å². The largest absolute Gasteiger partial charge is 0.504 e. The first-order valence-electron chi connectivity index (χ1n) is 7.95. The van der Waals surface area contributed by atoms with Crippen LogP contribution in [-0.4, -0.2) is 37.4 Å². The number of hydrogen-bond acceptors (Lipinski definition) is 5. The van der Waals surface area contributed by atoms with Gasteiger partial charge in [-0.25, -0.2) is 8.42 Å². The van der Waals surface area contributed by atoms with Gasteiger partial charge in [0.25, 0.3) is 0 Å². The van der Waals surface area contributed by atoms with E-state index in [1.165, 1.54) is 12.1 Å². The fourth-order valence-electron chi connectivity index (χ4n) is 2.33. The van der Waals surface area contributed by atoms with Crippen LogP contribution >= 0.6 is 11.6 Å². The fourth-order valence-corrected chi connectivity index (χ4v) is 4.58. The molecule has 0 spiro atoms. The van der Waals surface area contributed by atoms with Crippen molar-refractivity contribution in [3.63, 3.8) is 0 Å². The van der Waals surface area contributed by atoms with Gasteiger partial charge >= 0.3 is 0 Å². The number of phenolic OH excluding ortho intramolecular Hbond substituents is 1. The molecule has 0 unspecified atom stereocenters. The van der Waals surface area contributed by atoms with E-state index >= 15 is 0 Å². The minimum atomic E-state index is -3.97. The number of halogens is 1. The first-order chi connectivity index (χ1) is 11.3. The van der Waals surface area contributed by atoms with Gasteiger partial charge in [0.15, 0.2) is 15.6 Å². The minimum absolute atomic E-state index is 0.0172. The third-order valence-corrected chi connectivity index (χ3v) is 7.69. The summed E-state index contributed by atoms with van der Waals surface area (Å²) >= 11 is 6.10. The van der Waals surface area contributed by atoms with Gasteiger partial charge in [0.2, 0.25) is 5.91 Å². The molecule has 1 aromatic rings. The van der Waals surface area contributed by atoms with Crippen molar-refractivity contribution < 1.29 is 23.1 Å². The molecule has 1 aliphatic rings. The van der Waals surface area contributed by atoms with Gasteiger partial charge < -0.3 is 15.2 Å². The van der Waals surface area contributed by atoms with Gasteiger partial charge in [0.1, 0.15) is 4.90 Å². The second-order valence-corrected chi connectivity index (χ2v) is 10.7. The number of rotatable bonds is 4. The number of carbonyl (C=O) groups excluding carboxylic acids is 1. The molecule has 6 nitrogen and oxygen atoms in total. The van der Waals surface area contributed by atoms with Crippen molar-refractivity contribution in [2.24, 2.45) is 11.3 Å². The smallest absolute Gasteiger partial charge is 0.229 e. The van der Waals surface area contributed by atoms with Crippen molar-refractivity contribution in [2.45, 2.75) is 44.3 Å². The standard InChI is InChI=1S/C17H24ClNO5S/c1-16(2,3)15(21)19-12-7-6-11(18)14(13(12)20)25(22,23)17(4,5)10-8-24-9-10/h6-7,10,20H,8-9H2,1-5H3,(H,19,21). The topological polar surface area (TPSA) is 92.7 Å².